The Morgan fingerprint density at radius 1 is 1.14 bits per heavy atom. The highest BCUT2D eigenvalue weighted by atomic mass is 16.5. The van der Waals surface area contributed by atoms with Gasteiger partial charge in [-0.1, -0.05) is 32.9 Å². The van der Waals surface area contributed by atoms with Crippen LogP contribution in [0.2, 0.25) is 0 Å². The lowest BCUT2D eigenvalue weighted by atomic mass is 9.85. The normalized spacial score (nSPS) is 15.9. The number of hydrogen-bond acceptors (Lipinski definition) is 5. The van der Waals surface area contributed by atoms with Crippen molar-refractivity contribution < 1.29 is 24.2 Å². The molecule has 2 aromatic rings. The maximum absolute atomic E-state index is 13.4. The van der Waals surface area contributed by atoms with Gasteiger partial charge < -0.3 is 14.6 Å². The molecule has 1 aliphatic rings. The molecule has 0 radical (unpaired) electrons. The van der Waals surface area contributed by atoms with E-state index in [1.165, 1.54) is 12.0 Å². The van der Waals surface area contributed by atoms with Crippen molar-refractivity contribution >= 4 is 17.6 Å². The number of carbonyl (C=O) groups excluding carboxylic acids is 2. The van der Waals surface area contributed by atoms with Gasteiger partial charge >= 0.3 is 5.97 Å². The molecule has 0 saturated heterocycles. The van der Waals surface area contributed by atoms with Crippen LogP contribution >= 0.6 is 0 Å². The number of hydrogen-bond donors (Lipinski definition) is 1. The lowest BCUT2D eigenvalue weighted by Crippen LogP contribution is -2.43. The molecule has 0 fully saturated rings. The first-order valence-corrected chi connectivity index (χ1v) is 9.09. The predicted molar refractivity (Wildman–Crippen MR) is 106 cm³/mol. The van der Waals surface area contributed by atoms with Crippen molar-refractivity contribution in [3.63, 3.8) is 0 Å². The van der Waals surface area contributed by atoms with Crippen molar-refractivity contribution in [3.05, 3.63) is 53.1 Å². The van der Waals surface area contributed by atoms with E-state index in [4.69, 9.17) is 9.47 Å². The molecular weight excluding hydrogens is 358 g/mol. The van der Waals surface area contributed by atoms with Crippen LogP contribution in [0.15, 0.2) is 36.4 Å². The largest absolute Gasteiger partial charge is 0.508 e. The van der Waals surface area contributed by atoms with Gasteiger partial charge in [-0.3, -0.25) is 9.69 Å². The van der Waals surface area contributed by atoms with Crippen molar-refractivity contribution in [1.82, 2.24) is 0 Å². The summed E-state index contributed by atoms with van der Waals surface area (Å²) in [6.45, 7) is 6.21. The number of anilines is 1. The second-order valence-electron chi connectivity index (χ2n) is 7.86. The molecule has 1 N–H and O–H groups in total. The topological polar surface area (TPSA) is 76.1 Å². The van der Waals surface area contributed by atoms with Crippen LogP contribution in [0.5, 0.6) is 11.5 Å². The number of carbonyl (C=O) groups is 2. The SMILES string of the molecule is COC(=O)C1Cc2c(O)cccc2N1C(=O)c1ccc(C(C)(C)C)c(OC)c1. The van der Waals surface area contributed by atoms with Gasteiger partial charge in [-0.25, -0.2) is 4.79 Å². The van der Waals surface area contributed by atoms with Crippen LogP contribution in [0.3, 0.4) is 0 Å². The second kappa shape index (κ2) is 7.19. The summed E-state index contributed by atoms with van der Waals surface area (Å²) in [5.41, 5.74) is 2.31. The van der Waals surface area contributed by atoms with Crippen LogP contribution in [0.1, 0.15) is 42.3 Å². The molecular formula is C22H25NO5. The second-order valence-corrected chi connectivity index (χ2v) is 7.86. The number of ether oxygens (including phenoxy) is 2. The van der Waals surface area contributed by atoms with E-state index in [0.717, 1.165) is 5.56 Å². The summed E-state index contributed by atoms with van der Waals surface area (Å²) in [6.07, 6.45) is 0.206. The Morgan fingerprint density at radius 2 is 1.86 bits per heavy atom. The van der Waals surface area contributed by atoms with Crippen LogP contribution in [-0.2, 0) is 21.4 Å². The van der Waals surface area contributed by atoms with Gasteiger partial charge in [0.25, 0.3) is 5.91 Å². The first-order valence-electron chi connectivity index (χ1n) is 9.09. The molecule has 6 nitrogen and oxygen atoms in total. The molecule has 0 saturated carbocycles. The van der Waals surface area contributed by atoms with Crippen molar-refractivity contribution in [2.75, 3.05) is 19.1 Å². The van der Waals surface area contributed by atoms with Gasteiger partial charge in [0.1, 0.15) is 17.5 Å². The van der Waals surface area contributed by atoms with Gasteiger partial charge in [-0.05, 0) is 35.2 Å². The van der Waals surface area contributed by atoms with Crippen molar-refractivity contribution in [2.24, 2.45) is 0 Å². The smallest absolute Gasteiger partial charge is 0.329 e. The third-order valence-corrected chi connectivity index (χ3v) is 5.04. The van der Waals surface area contributed by atoms with E-state index in [-0.39, 0.29) is 23.5 Å². The number of aromatic hydroxyl groups is 1. The molecule has 6 heteroatoms. The average Bonchev–Trinajstić information content (AvgIpc) is 3.06. The van der Waals surface area contributed by atoms with E-state index in [9.17, 15) is 14.7 Å². The van der Waals surface area contributed by atoms with E-state index < -0.39 is 12.0 Å². The Morgan fingerprint density at radius 3 is 2.46 bits per heavy atom. The lowest BCUT2D eigenvalue weighted by Gasteiger charge is -2.26. The quantitative estimate of drug-likeness (QED) is 0.822. The number of amides is 1. The number of esters is 1. The Kier molecular flexibility index (Phi) is 5.06. The molecule has 0 aromatic heterocycles. The third kappa shape index (κ3) is 3.30. The molecule has 148 valence electrons. The van der Waals surface area contributed by atoms with E-state index >= 15 is 0 Å². The van der Waals surface area contributed by atoms with Gasteiger partial charge in [0.15, 0.2) is 0 Å². The van der Waals surface area contributed by atoms with Crippen LogP contribution < -0.4 is 9.64 Å². The molecule has 0 spiro atoms. The van der Waals surface area contributed by atoms with E-state index in [0.29, 0.717) is 22.6 Å². The lowest BCUT2D eigenvalue weighted by molar-refractivity contribution is -0.141. The van der Waals surface area contributed by atoms with Crippen molar-refractivity contribution in [3.8, 4) is 11.5 Å². The molecule has 1 heterocycles. The molecule has 28 heavy (non-hydrogen) atoms. The van der Waals surface area contributed by atoms with Crippen LogP contribution in [-0.4, -0.2) is 37.2 Å². The highest BCUT2D eigenvalue weighted by molar-refractivity contribution is 6.11. The molecule has 3 rings (SSSR count). The Hall–Kier alpha value is -3.02. The van der Waals surface area contributed by atoms with E-state index in [1.807, 2.05) is 6.07 Å². The molecule has 0 aliphatic carbocycles. The molecule has 1 unspecified atom stereocenters. The maximum atomic E-state index is 13.4. The van der Waals surface area contributed by atoms with Crippen molar-refractivity contribution in [2.45, 2.75) is 38.6 Å². The zero-order valence-electron chi connectivity index (χ0n) is 16.8. The average molecular weight is 383 g/mol. The first-order chi connectivity index (χ1) is 13.2. The predicted octanol–water partition coefficient (Wildman–Crippen LogP) is 3.44. The Labute approximate surface area is 164 Å². The summed E-state index contributed by atoms with van der Waals surface area (Å²) in [5, 5.41) is 10.2. The fourth-order valence-electron chi connectivity index (χ4n) is 3.61. The first kappa shape index (κ1) is 19.7. The minimum absolute atomic E-state index is 0.0577. The highest BCUT2D eigenvalue weighted by Gasteiger charge is 2.41. The molecule has 0 bridgehead atoms. The molecule has 1 aliphatic heterocycles. The summed E-state index contributed by atoms with van der Waals surface area (Å²) >= 11 is 0. The van der Waals surface area contributed by atoms with E-state index in [2.05, 4.69) is 20.8 Å². The number of rotatable bonds is 3. The minimum Gasteiger partial charge on any atom is -0.508 e. The number of fused-ring (bicyclic) bond motifs is 1. The Bertz CT molecular complexity index is 929. The fourth-order valence-corrected chi connectivity index (χ4v) is 3.61. The summed E-state index contributed by atoms with van der Waals surface area (Å²) < 4.78 is 10.4. The third-order valence-electron chi connectivity index (χ3n) is 5.04. The van der Waals surface area contributed by atoms with Gasteiger partial charge in [0.2, 0.25) is 0 Å². The summed E-state index contributed by atoms with van der Waals surface area (Å²) in [7, 11) is 2.86. The van der Waals surface area contributed by atoms with Gasteiger partial charge in [0.05, 0.1) is 19.9 Å². The Balaban J connectivity index is 2.07. The maximum Gasteiger partial charge on any atom is 0.329 e. The van der Waals surface area contributed by atoms with Crippen LogP contribution in [0.4, 0.5) is 5.69 Å². The van der Waals surface area contributed by atoms with Crippen LogP contribution in [0.25, 0.3) is 0 Å². The number of methoxy groups -OCH3 is 2. The van der Waals surface area contributed by atoms with Crippen molar-refractivity contribution in [1.29, 1.82) is 0 Å². The summed E-state index contributed by atoms with van der Waals surface area (Å²) in [5.74, 6) is -0.202. The summed E-state index contributed by atoms with van der Waals surface area (Å²) in [4.78, 5) is 27.1. The number of phenols is 1. The molecule has 2 aromatic carbocycles. The monoisotopic (exact) mass is 383 g/mol. The van der Waals surface area contributed by atoms with Crippen LogP contribution in [0, 0.1) is 0 Å². The van der Waals surface area contributed by atoms with Gasteiger partial charge in [-0.2, -0.15) is 0 Å². The van der Waals surface area contributed by atoms with Gasteiger partial charge in [-0.15, -0.1) is 0 Å². The number of benzene rings is 2. The number of phenolic OH excluding ortho intramolecular Hbond substituents is 1. The zero-order valence-corrected chi connectivity index (χ0v) is 16.8. The summed E-state index contributed by atoms with van der Waals surface area (Å²) in [6, 6.07) is 9.39. The molecule has 1 atom stereocenters. The fraction of sp³-hybridized carbons (Fsp3) is 0.364. The molecule has 1 amide bonds. The van der Waals surface area contributed by atoms with E-state index in [1.54, 1.807) is 37.4 Å². The van der Waals surface area contributed by atoms with Gasteiger partial charge in [0, 0.05) is 17.5 Å². The minimum atomic E-state index is -0.825. The highest BCUT2D eigenvalue weighted by Crippen LogP contribution is 2.40. The number of nitrogens with zero attached hydrogens (tertiary/aromatic N) is 1. The standard InChI is InChI=1S/C22H25NO5/c1-22(2,3)15-10-9-13(11-19(15)27-4)20(25)23-16-7-6-8-18(24)14(16)12-17(23)21(26)28-5/h6-11,17,24H,12H2,1-5H3. The zero-order chi connectivity index (χ0) is 20.6.